The second kappa shape index (κ2) is 8.01. The van der Waals surface area contributed by atoms with Gasteiger partial charge in [0.15, 0.2) is 0 Å². The second-order valence-corrected chi connectivity index (χ2v) is 5.19. The van der Waals surface area contributed by atoms with Crippen LogP contribution in [0.2, 0.25) is 0 Å². The van der Waals surface area contributed by atoms with Gasteiger partial charge in [0, 0.05) is 26.2 Å². The number of nitrogens with zero attached hydrogens (tertiary/aromatic N) is 2. The number of ether oxygens (including phenoxy) is 1. The van der Waals surface area contributed by atoms with Gasteiger partial charge in [-0.05, 0) is 37.9 Å². The van der Waals surface area contributed by atoms with Crippen LogP contribution in [0.25, 0.3) is 0 Å². The molecule has 2 rings (SSSR count). The minimum Gasteiger partial charge on any atom is -0.378 e. The van der Waals surface area contributed by atoms with Gasteiger partial charge in [-0.15, -0.1) is 0 Å². The van der Waals surface area contributed by atoms with Gasteiger partial charge in [0.25, 0.3) is 0 Å². The lowest BCUT2D eigenvalue weighted by Gasteiger charge is -2.22. The Bertz CT molecular complexity index is 413. The second-order valence-electron chi connectivity index (χ2n) is 5.19. The molecule has 2 heterocycles. The van der Waals surface area contributed by atoms with Crippen LogP contribution in [-0.4, -0.2) is 48.0 Å². The summed E-state index contributed by atoms with van der Waals surface area (Å²) in [6.07, 6.45) is 7.45. The number of hydrogen-bond donors (Lipinski definition) is 2. The smallest absolute Gasteiger partial charge is 0.222 e. The normalized spacial score (nSPS) is 16.2. The average molecular weight is 280 g/mol. The number of amides is 1. The Kier molecular flexibility index (Phi) is 6.01. The molecule has 6 nitrogen and oxygen atoms in total. The maximum absolute atomic E-state index is 11.7. The highest BCUT2D eigenvalue weighted by atomic mass is 16.5. The van der Waals surface area contributed by atoms with Crippen molar-refractivity contribution in [1.29, 1.82) is 0 Å². The highest BCUT2D eigenvalue weighted by Gasteiger charge is 2.13. The number of piperidine rings is 1. The zero-order valence-electron chi connectivity index (χ0n) is 12.1. The van der Waals surface area contributed by atoms with Crippen molar-refractivity contribution < 1.29 is 9.53 Å². The third kappa shape index (κ3) is 5.30. The summed E-state index contributed by atoms with van der Waals surface area (Å²) in [6.45, 7) is 3.20. The minimum atomic E-state index is 0.0582. The molecule has 112 valence electrons. The van der Waals surface area contributed by atoms with Crippen molar-refractivity contribution in [3.8, 4) is 0 Å². The fourth-order valence-electron chi connectivity index (χ4n) is 2.32. The number of carbonyl (C=O) groups is 1. The van der Waals surface area contributed by atoms with Gasteiger partial charge in [-0.3, -0.25) is 9.48 Å². The molecule has 1 fully saturated rings. The van der Waals surface area contributed by atoms with Gasteiger partial charge in [-0.1, -0.05) is 0 Å². The highest BCUT2D eigenvalue weighted by molar-refractivity contribution is 5.75. The first kappa shape index (κ1) is 15.0. The largest absolute Gasteiger partial charge is 0.378 e. The van der Waals surface area contributed by atoms with Crippen molar-refractivity contribution >= 4 is 5.91 Å². The molecule has 0 unspecified atom stereocenters. The zero-order valence-corrected chi connectivity index (χ0v) is 12.1. The maximum atomic E-state index is 11.7. The topological polar surface area (TPSA) is 68.2 Å². The Hall–Kier alpha value is -1.40. The lowest BCUT2D eigenvalue weighted by Crippen LogP contribution is -2.33. The van der Waals surface area contributed by atoms with Crippen LogP contribution >= 0.6 is 0 Å². The standard InChI is InChI=1S/C14H24N4O2/c1-18-11-12(10-17-18)2-8-16-14(19)5-9-20-13-3-6-15-7-4-13/h10-11,13,15H,2-9H2,1H3,(H,16,19). The van der Waals surface area contributed by atoms with Gasteiger partial charge < -0.3 is 15.4 Å². The van der Waals surface area contributed by atoms with Crippen LogP contribution in [0.1, 0.15) is 24.8 Å². The summed E-state index contributed by atoms with van der Waals surface area (Å²) in [4.78, 5) is 11.7. The van der Waals surface area contributed by atoms with E-state index < -0.39 is 0 Å². The molecule has 0 radical (unpaired) electrons. The minimum absolute atomic E-state index is 0.0582. The molecule has 1 aliphatic heterocycles. The molecule has 1 aliphatic rings. The number of aromatic nitrogens is 2. The molecular weight excluding hydrogens is 256 g/mol. The zero-order chi connectivity index (χ0) is 14.2. The van der Waals surface area contributed by atoms with Crippen LogP contribution < -0.4 is 10.6 Å². The van der Waals surface area contributed by atoms with E-state index in [4.69, 9.17) is 4.74 Å². The Balaban J connectivity index is 1.51. The van der Waals surface area contributed by atoms with Crippen LogP contribution in [0.3, 0.4) is 0 Å². The summed E-state index contributed by atoms with van der Waals surface area (Å²) in [7, 11) is 1.89. The number of hydrogen-bond acceptors (Lipinski definition) is 4. The molecule has 2 N–H and O–H groups in total. The molecule has 0 aliphatic carbocycles. The van der Waals surface area contributed by atoms with E-state index in [1.165, 1.54) is 0 Å². The molecule has 1 amide bonds. The Labute approximate surface area is 119 Å². The first-order valence-corrected chi connectivity index (χ1v) is 7.30. The first-order valence-electron chi connectivity index (χ1n) is 7.30. The van der Waals surface area contributed by atoms with E-state index in [0.717, 1.165) is 37.9 Å². The van der Waals surface area contributed by atoms with E-state index in [0.29, 0.717) is 25.7 Å². The SMILES string of the molecule is Cn1cc(CCNC(=O)CCOC2CCNCC2)cn1. The van der Waals surface area contributed by atoms with E-state index in [1.807, 2.05) is 19.4 Å². The van der Waals surface area contributed by atoms with E-state index in [-0.39, 0.29) is 5.91 Å². The third-order valence-electron chi connectivity index (χ3n) is 3.46. The molecule has 1 saturated heterocycles. The fraction of sp³-hybridized carbons (Fsp3) is 0.714. The first-order chi connectivity index (χ1) is 9.74. The van der Waals surface area contributed by atoms with E-state index in [2.05, 4.69) is 15.7 Å². The van der Waals surface area contributed by atoms with E-state index in [1.54, 1.807) is 4.68 Å². The van der Waals surface area contributed by atoms with Crippen molar-refractivity contribution in [2.24, 2.45) is 7.05 Å². The lowest BCUT2D eigenvalue weighted by atomic mass is 10.1. The third-order valence-corrected chi connectivity index (χ3v) is 3.46. The van der Waals surface area contributed by atoms with Crippen molar-refractivity contribution in [3.63, 3.8) is 0 Å². The summed E-state index contributed by atoms with van der Waals surface area (Å²) in [5, 5.41) is 10.3. The van der Waals surface area contributed by atoms with Crippen molar-refractivity contribution in [1.82, 2.24) is 20.4 Å². The van der Waals surface area contributed by atoms with Gasteiger partial charge in [0.2, 0.25) is 5.91 Å². The average Bonchev–Trinajstić information content (AvgIpc) is 2.86. The number of carbonyl (C=O) groups excluding carboxylic acids is 1. The van der Waals surface area contributed by atoms with Gasteiger partial charge in [-0.2, -0.15) is 5.10 Å². The molecule has 6 heteroatoms. The van der Waals surface area contributed by atoms with Crippen LogP contribution in [0.15, 0.2) is 12.4 Å². The molecule has 0 aromatic carbocycles. The summed E-state index contributed by atoms with van der Waals surface area (Å²) < 4.78 is 7.48. The summed E-state index contributed by atoms with van der Waals surface area (Å²) in [5.74, 6) is 0.0582. The predicted molar refractivity (Wildman–Crippen MR) is 76.4 cm³/mol. The van der Waals surface area contributed by atoms with E-state index >= 15 is 0 Å². The van der Waals surface area contributed by atoms with Crippen LogP contribution in [-0.2, 0) is 23.0 Å². The fourth-order valence-corrected chi connectivity index (χ4v) is 2.32. The molecule has 1 aromatic rings. The molecule has 20 heavy (non-hydrogen) atoms. The molecule has 0 spiro atoms. The Morgan fingerprint density at radius 1 is 1.55 bits per heavy atom. The maximum Gasteiger partial charge on any atom is 0.222 e. The van der Waals surface area contributed by atoms with Crippen LogP contribution in [0, 0.1) is 0 Å². The lowest BCUT2D eigenvalue weighted by molar-refractivity contribution is -0.122. The Morgan fingerprint density at radius 2 is 2.35 bits per heavy atom. The van der Waals surface area contributed by atoms with Crippen molar-refractivity contribution in [2.75, 3.05) is 26.2 Å². The predicted octanol–water partition coefficient (Wildman–Crippen LogP) is 0.238. The molecule has 1 aromatic heterocycles. The van der Waals surface area contributed by atoms with Crippen LogP contribution in [0.4, 0.5) is 0 Å². The number of aryl methyl sites for hydroxylation is 1. The van der Waals surface area contributed by atoms with Gasteiger partial charge in [0.1, 0.15) is 0 Å². The summed E-state index contributed by atoms with van der Waals surface area (Å²) >= 11 is 0. The highest BCUT2D eigenvalue weighted by Crippen LogP contribution is 2.07. The molecule has 0 atom stereocenters. The van der Waals surface area contributed by atoms with Gasteiger partial charge in [0.05, 0.1) is 18.9 Å². The molecule has 0 bridgehead atoms. The Morgan fingerprint density at radius 3 is 3.05 bits per heavy atom. The van der Waals surface area contributed by atoms with Crippen molar-refractivity contribution in [3.05, 3.63) is 18.0 Å². The van der Waals surface area contributed by atoms with Gasteiger partial charge in [-0.25, -0.2) is 0 Å². The summed E-state index contributed by atoms with van der Waals surface area (Å²) in [5.41, 5.74) is 1.14. The van der Waals surface area contributed by atoms with Crippen molar-refractivity contribution in [2.45, 2.75) is 31.8 Å². The summed E-state index contributed by atoms with van der Waals surface area (Å²) in [6, 6.07) is 0. The quantitative estimate of drug-likeness (QED) is 0.750. The number of nitrogens with one attached hydrogen (secondary N) is 2. The number of rotatable bonds is 7. The van der Waals surface area contributed by atoms with Gasteiger partial charge >= 0.3 is 0 Å². The van der Waals surface area contributed by atoms with Crippen LogP contribution in [0.5, 0.6) is 0 Å². The monoisotopic (exact) mass is 280 g/mol. The molecular formula is C14H24N4O2. The molecule has 0 saturated carbocycles. The van der Waals surface area contributed by atoms with E-state index in [9.17, 15) is 4.79 Å².